The van der Waals surface area contributed by atoms with Crippen LogP contribution in [0.1, 0.15) is 42.4 Å². The quantitative estimate of drug-likeness (QED) is 0.916. The van der Waals surface area contributed by atoms with Gasteiger partial charge in [0.1, 0.15) is 5.58 Å². The van der Waals surface area contributed by atoms with E-state index in [1.54, 1.807) is 6.26 Å². The maximum absolute atomic E-state index is 12.2. The molecule has 1 aromatic carbocycles. The van der Waals surface area contributed by atoms with Crippen molar-refractivity contribution in [1.29, 1.82) is 0 Å². The molecule has 3 rings (SSSR count). The summed E-state index contributed by atoms with van der Waals surface area (Å²) in [6, 6.07) is 4.31. The highest BCUT2D eigenvalue weighted by atomic mass is 16.3. The van der Waals surface area contributed by atoms with Gasteiger partial charge in [0.15, 0.2) is 0 Å². The van der Waals surface area contributed by atoms with Gasteiger partial charge in [-0.2, -0.15) is 0 Å². The smallest absolute Gasteiger partial charge is 0.224 e. The Bertz CT molecular complexity index is 681. The van der Waals surface area contributed by atoms with Gasteiger partial charge >= 0.3 is 0 Å². The molecule has 118 valence electrons. The lowest BCUT2D eigenvalue weighted by atomic mass is 9.93. The van der Waals surface area contributed by atoms with Gasteiger partial charge in [0.25, 0.3) is 0 Å². The minimum Gasteiger partial charge on any atom is -0.464 e. The molecule has 22 heavy (non-hydrogen) atoms. The van der Waals surface area contributed by atoms with Crippen molar-refractivity contribution in [3.63, 3.8) is 0 Å². The van der Waals surface area contributed by atoms with Crippen LogP contribution in [0.2, 0.25) is 0 Å². The Morgan fingerprint density at radius 2 is 1.91 bits per heavy atom. The molecular weight excluding hydrogens is 278 g/mol. The number of aliphatic hydroxyl groups is 1. The maximum Gasteiger partial charge on any atom is 0.224 e. The Kier molecular flexibility index (Phi) is 4.21. The van der Waals surface area contributed by atoms with Crippen molar-refractivity contribution in [3.8, 4) is 0 Å². The van der Waals surface area contributed by atoms with Gasteiger partial charge in [-0.3, -0.25) is 4.79 Å². The Balaban J connectivity index is 1.68. The van der Waals surface area contributed by atoms with Crippen LogP contribution in [0.15, 0.2) is 22.8 Å². The fourth-order valence-electron chi connectivity index (χ4n) is 3.14. The van der Waals surface area contributed by atoms with Crippen molar-refractivity contribution < 1.29 is 14.3 Å². The van der Waals surface area contributed by atoms with Crippen LogP contribution in [0.5, 0.6) is 0 Å². The van der Waals surface area contributed by atoms with E-state index < -0.39 is 0 Å². The molecule has 1 aliphatic rings. The predicted octanol–water partition coefficient (Wildman–Crippen LogP) is 3.01. The normalized spacial score (nSPS) is 22.0. The standard InChI is InChI=1S/C18H23NO3/c1-11-7-16-13(10-22-17(16)8-12(11)2)9-18(21)19-14-3-5-15(20)6-4-14/h7-8,10,14-15,20H,3-6,9H2,1-2H3,(H,19,21). The number of aliphatic hydroxyl groups excluding tert-OH is 1. The minimum atomic E-state index is -0.197. The predicted molar refractivity (Wildman–Crippen MR) is 85.8 cm³/mol. The topological polar surface area (TPSA) is 62.5 Å². The van der Waals surface area contributed by atoms with E-state index in [-0.39, 0.29) is 18.1 Å². The zero-order valence-electron chi connectivity index (χ0n) is 13.2. The highest BCUT2D eigenvalue weighted by Gasteiger charge is 2.21. The third-order valence-corrected chi connectivity index (χ3v) is 4.68. The molecule has 4 heteroatoms. The van der Waals surface area contributed by atoms with Gasteiger partial charge in [-0.15, -0.1) is 0 Å². The molecule has 2 N–H and O–H groups in total. The van der Waals surface area contributed by atoms with Crippen LogP contribution in [0.25, 0.3) is 11.0 Å². The van der Waals surface area contributed by atoms with Crippen molar-refractivity contribution in [2.45, 2.75) is 58.1 Å². The van der Waals surface area contributed by atoms with Crippen LogP contribution in [-0.2, 0) is 11.2 Å². The van der Waals surface area contributed by atoms with Crippen molar-refractivity contribution in [2.24, 2.45) is 0 Å². The Morgan fingerprint density at radius 1 is 1.23 bits per heavy atom. The van der Waals surface area contributed by atoms with Crippen LogP contribution >= 0.6 is 0 Å². The number of carbonyl (C=O) groups excluding carboxylic acids is 1. The summed E-state index contributed by atoms with van der Waals surface area (Å²) >= 11 is 0. The highest BCUT2D eigenvalue weighted by Crippen LogP contribution is 2.25. The van der Waals surface area contributed by atoms with E-state index in [9.17, 15) is 9.90 Å². The molecule has 0 bridgehead atoms. The second-order valence-corrected chi connectivity index (χ2v) is 6.44. The van der Waals surface area contributed by atoms with E-state index in [1.165, 1.54) is 11.1 Å². The van der Waals surface area contributed by atoms with Crippen molar-refractivity contribution in [1.82, 2.24) is 5.32 Å². The summed E-state index contributed by atoms with van der Waals surface area (Å²) in [7, 11) is 0. The van der Waals surface area contributed by atoms with E-state index in [2.05, 4.69) is 25.2 Å². The Morgan fingerprint density at radius 3 is 2.64 bits per heavy atom. The van der Waals surface area contributed by atoms with Crippen LogP contribution in [0.4, 0.5) is 0 Å². The number of carbonyl (C=O) groups is 1. The summed E-state index contributed by atoms with van der Waals surface area (Å²) in [5, 5.41) is 13.6. The lowest BCUT2D eigenvalue weighted by Crippen LogP contribution is -2.39. The van der Waals surface area contributed by atoms with Crippen molar-refractivity contribution >= 4 is 16.9 Å². The monoisotopic (exact) mass is 301 g/mol. The van der Waals surface area contributed by atoms with Gasteiger partial charge in [0, 0.05) is 17.0 Å². The summed E-state index contributed by atoms with van der Waals surface area (Å²) in [5.74, 6) is 0.0299. The first-order chi connectivity index (χ1) is 10.5. The molecular formula is C18H23NO3. The maximum atomic E-state index is 12.2. The van der Waals surface area contributed by atoms with E-state index in [0.717, 1.165) is 42.2 Å². The molecule has 0 unspecified atom stereocenters. The molecule has 1 heterocycles. The second kappa shape index (κ2) is 6.13. The lowest BCUT2D eigenvalue weighted by molar-refractivity contribution is -0.121. The number of hydrogen-bond acceptors (Lipinski definition) is 3. The largest absolute Gasteiger partial charge is 0.464 e. The number of furan rings is 1. The van der Waals surface area contributed by atoms with E-state index in [4.69, 9.17) is 4.42 Å². The van der Waals surface area contributed by atoms with Crippen molar-refractivity contribution in [3.05, 3.63) is 35.1 Å². The number of benzene rings is 1. The zero-order chi connectivity index (χ0) is 15.7. The highest BCUT2D eigenvalue weighted by molar-refractivity contribution is 5.88. The molecule has 1 aliphatic carbocycles. The molecule has 0 aliphatic heterocycles. The van der Waals surface area contributed by atoms with E-state index in [0.29, 0.717) is 6.42 Å². The van der Waals surface area contributed by atoms with Crippen LogP contribution in [0.3, 0.4) is 0 Å². The summed E-state index contributed by atoms with van der Waals surface area (Å²) in [6.07, 6.45) is 5.10. The van der Waals surface area contributed by atoms with Gasteiger partial charge in [-0.1, -0.05) is 0 Å². The fourth-order valence-corrected chi connectivity index (χ4v) is 3.14. The minimum absolute atomic E-state index is 0.0299. The number of fused-ring (bicyclic) bond motifs is 1. The number of hydrogen-bond donors (Lipinski definition) is 2. The molecule has 4 nitrogen and oxygen atoms in total. The van der Waals surface area contributed by atoms with Gasteiger partial charge in [0.05, 0.1) is 18.8 Å². The number of aryl methyl sites for hydroxylation is 2. The average Bonchev–Trinajstić information content (AvgIpc) is 2.84. The van der Waals surface area contributed by atoms with Gasteiger partial charge in [-0.05, 0) is 62.8 Å². The molecule has 1 fully saturated rings. The van der Waals surface area contributed by atoms with Gasteiger partial charge < -0.3 is 14.8 Å². The van der Waals surface area contributed by atoms with Gasteiger partial charge in [0.2, 0.25) is 5.91 Å². The average molecular weight is 301 g/mol. The lowest BCUT2D eigenvalue weighted by Gasteiger charge is -2.26. The first kappa shape index (κ1) is 15.1. The van der Waals surface area contributed by atoms with Crippen LogP contribution < -0.4 is 5.32 Å². The number of rotatable bonds is 3. The molecule has 1 saturated carbocycles. The summed E-state index contributed by atoms with van der Waals surface area (Å²) in [5.41, 5.74) is 4.17. The molecule has 1 aromatic heterocycles. The SMILES string of the molecule is Cc1cc2occ(CC(=O)NC3CCC(O)CC3)c2cc1C. The van der Waals surface area contributed by atoms with E-state index in [1.807, 2.05) is 6.07 Å². The third-order valence-electron chi connectivity index (χ3n) is 4.68. The summed E-state index contributed by atoms with van der Waals surface area (Å²) in [6.45, 7) is 4.13. The van der Waals surface area contributed by atoms with Crippen LogP contribution in [-0.4, -0.2) is 23.2 Å². The molecule has 2 aromatic rings. The number of nitrogens with one attached hydrogen (secondary N) is 1. The third kappa shape index (κ3) is 3.17. The fraction of sp³-hybridized carbons (Fsp3) is 0.500. The summed E-state index contributed by atoms with van der Waals surface area (Å²) < 4.78 is 5.58. The van der Waals surface area contributed by atoms with Gasteiger partial charge in [-0.25, -0.2) is 0 Å². The number of amides is 1. The molecule has 1 amide bonds. The molecule has 0 atom stereocenters. The first-order valence-electron chi connectivity index (χ1n) is 7.97. The van der Waals surface area contributed by atoms with E-state index >= 15 is 0 Å². The van der Waals surface area contributed by atoms with Crippen molar-refractivity contribution in [2.75, 3.05) is 0 Å². The first-order valence-corrected chi connectivity index (χ1v) is 7.97. The zero-order valence-corrected chi connectivity index (χ0v) is 13.2. The molecule has 0 saturated heterocycles. The Hall–Kier alpha value is -1.81. The van der Waals surface area contributed by atoms with Crippen LogP contribution in [0, 0.1) is 13.8 Å². The summed E-state index contributed by atoms with van der Waals surface area (Å²) in [4.78, 5) is 12.2. The second-order valence-electron chi connectivity index (χ2n) is 6.44. The molecule has 0 radical (unpaired) electrons. The Labute approximate surface area is 130 Å². The molecule has 0 spiro atoms.